The molecule has 1 saturated heterocycles. The number of morpholine rings is 1. The van der Waals surface area contributed by atoms with Gasteiger partial charge in [-0.15, -0.1) is 0 Å². The lowest BCUT2D eigenvalue weighted by Gasteiger charge is -2.36. The minimum Gasteiger partial charge on any atom is -0.372 e. The van der Waals surface area contributed by atoms with Crippen LogP contribution in [0.4, 0.5) is 17.2 Å². The fourth-order valence-electron chi connectivity index (χ4n) is 3.53. The van der Waals surface area contributed by atoms with Gasteiger partial charge in [-0.1, -0.05) is 29.3 Å². The maximum Gasteiger partial charge on any atom is 0.134 e. The van der Waals surface area contributed by atoms with Crippen LogP contribution < -0.4 is 10.2 Å². The second kappa shape index (κ2) is 8.57. The van der Waals surface area contributed by atoms with E-state index in [0.717, 1.165) is 30.0 Å². The molecule has 0 bridgehead atoms. The summed E-state index contributed by atoms with van der Waals surface area (Å²) in [6, 6.07) is 15.7. The Morgan fingerprint density at radius 2 is 1.66 bits per heavy atom. The number of halogens is 2. The summed E-state index contributed by atoms with van der Waals surface area (Å²) in [4.78, 5) is 11.0. The molecule has 1 aliphatic rings. The van der Waals surface area contributed by atoms with E-state index >= 15 is 0 Å². The van der Waals surface area contributed by atoms with E-state index in [2.05, 4.69) is 58.3 Å². The van der Waals surface area contributed by atoms with Gasteiger partial charge in [-0.05, 0) is 50.2 Å². The van der Waals surface area contributed by atoms with Crippen molar-refractivity contribution in [3.8, 4) is 11.3 Å². The van der Waals surface area contributed by atoms with Crippen LogP contribution in [-0.4, -0.2) is 35.3 Å². The van der Waals surface area contributed by atoms with Crippen molar-refractivity contribution in [1.29, 1.82) is 0 Å². The van der Waals surface area contributed by atoms with Crippen molar-refractivity contribution in [3.05, 3.63) is 64.9 Å². The van der Waals surface area contributed by atoms with E-state index in [1.807, 2.05) is 12.1 Å². The third-order valence-corrected chi connectivity index (χ3v) is 5.55. The Hall–Kier alpha value is -2.34. The molecule has 2 aromatic carbocycles. The van der Waals surface area contributed by atoms with Crippen LogP contribution >= 0.6 is 23.2 Å². The number of nitrogens with one attached hydrogen (secondary N) is 1. The highest BCUT2D eigenvalue weighted by molar-refractivity contribution is 6.42. The number of hydrogen-bond acceptors (Lipinski definition) is 5. The fraction of sp³-hybridized carbons (Fsp3) is 0.273. The lowest BCUT2D eigenvalue weighted by atomic mass is 10.1. The molecule has 5 nitrogen and oxygen atoms in total. The molecule has 150 valence electrons. The van der Waals surface area contributed by atoms with E-state index in [0.29, 0.717) is 15.9 Å². The molecule has 1 aliphatic heterocycles. The van der Waals surface area contributed by atoms with Gasteiger partial charge in [-0.3, -0.25) is 0 Å². The van der Waals surface area contributed by atoms with Crippen molar-refractivity contribution in [3.63, 3.8) is 0 Å². The summed E-state index contributed by atoms with van der Waals surface area (Å²) < 4.78 is 5.82. The average molecular weight is 429 g/mol. The third kappa shape index (κ3) is 4.81. The molecule has 3 aromatic rings. The molecule has 0 amide bonds. The monoisotopic (exact) mass is 428 g/mol. The van der Waals surface area contributed by atoms with Crippen molar-refractivity contribution < 1.29 is 4.74 Å². The molecule has 1 N–H and O–H groups in total. The predicted octanol–water partition coefficient (Wildman–Crippen LogP) is 5.81. The normalized spacial score (nSPS) is 19.2. The second-order valence-electron chi connectivity index (χ2n) is 7.25. The van der Waals surface area contributed by atoms with Gasteiger partial charge >= 0.3 is 0 Å². The predicted molar refractivity (Wildman–Crippen MR) is 119 cm³/mol. The summed E-state index contributed by atoms with van der Waals surface area (Å²) in [5.74, 6) is 0.711. The molecule has 2 atom stereocenters. The standard InChI is InChI=1S/C22H22Cl2N4O/c1-14-11-28(12-15(2)29-14)18-6-4-17(5-7-18)27-22-10-21(25-13-26-22)16-3-8-19(23)20(24)9-16/h3-10,13-15H,11-12H2,1-2H3,(H,25,26,27). The zero-order chi connectivity index (χ0) is 20.4. The topological polar surface area (TPSA) is 50.3 Å². The maximum atomic E-state index is 6.13. The number of aromatic nitrogens is 2. The van der Waals surface area contributed by atoms with E-state index in [1.54, 1.807) is 12.1 Å². The summed E-state index contributed by atoms with van der Waals surface area (Å²) in [5, 5.41) is 4.35. The van der Waals surface area contributed by atoms with Crippen LogP contribution in [-0.2, 0) is 4.74 Å². The average Bonchev–Trinajstić information content (AvgIpc) is 2.70. The van der Waals surface area contributed by atoms with Gasteiger partial charge in [0.25, 0.3) is 0 Å². The number of nitrogens with zero attached hydrogens (tertiary/aromatic N) is 3. The number of hydrogen-bond donors (Lipinski definition) is 1. The maximum absolute atomic E-state index is 6.13. The first kappa shape index (κ1) is 20.0. The summed E-state index contributed by atoms with van der Waals surface area (Å²) in [6.07, 6.45) is 2.00. The number of rotatable bonds is 4. The van der Waals surface area contributed by atoms with Gasteiger partial charge in [-0.25, -0.2) is 9.97 Å². The summed E-state index contributed by atoms with van der Waals surface area (Å²) >= 11 is 12.1. The Bertz CT molecular complexity index is 986. The molecule has 0 spiro atoms. The van der Waals surface area contributed by atoms with E-state index < -0.39 is 0 Å². The second-order valence-corrected chi connectivity index (χ2v) is 8.07. The Morgan fingerprint density at radius 1 is 0.931 bits per heavy atom. The minimum atomic E-state index is 0.234. The zero-order valence-corrected chi connectivity index (χ0v) is 17.8. The largest absolute Gasteiger partial charge is 0.372 e. The van der Waals surface area contributed by atoms with E-state index in [9.17, 15) is 0 Å². The highest BCUT2D eigenvalue weighted by atomic mass is 35.5. The van der Waals surface area contributed by atoms with Crippen LogP contribution in [0.1, 0.15) is 13.8 Å². The van der Waals surface area contributed by atoms with Crippen molar-refractivity contribution in [2.45, 2.75) is 26.1 Å². The molecule has 7 heteroatoms. The smallest absolute Gasteiger partial charge is 0.134 e. The van der Waals surface area contributed by atoms with Gasteiger partial charge in [0, 0.05) is 36.1 Å². The minimum absolute atomic E-state index is 0.234. The van der Waals surface area contributed by atoms with Crippen molar-refractivity contribution in [2.75, 3.05) is 23.3 Å². The van der Waals surface area contributed by atoms with E-state index in [1.165, 1.54) is 12.0 Å². The van der Waals surface area contributed by atoms with E-state index in [-0.39, 0.29) is 12.2 Å². The first-order valence-corrected chi connectivity index (χ1v) is 10.3. The molecule has 1 fully saturated rings. The summed E-state index contributed by atoms with van der Waals surface area (Å²) in [6.45, 7) is 6.02. The molecule has 0 radical (unpaired) electrons. The Morgan fingerprint density at radius 3 is 2.34 bits per heavy atom. The Labute approximate surface area is 180 Å². The molecular formula is C22H22Cl2N4O. The van der Waals surface area contributed by atoms with Gasteiger partial charge in [0.15, 0.2) is 0 Å². The van der Waals surface area contributed by atoms with Crippen LogP contribution in [0.25, 0.3) is 11.3 Å². The molecule has 0 saturated carbocycles. The molecule has 29 heavy (non-hydrogen) atoms. The van der Waals surface area contributed by atoms with Crippen LogP contribution in [0, 0.1) is 0 Å². The lowest BCUT2D eigenvalue weighted by molar-refractivity contribution is -0.00521. The molecule has 2 unspecified atom stereocenters. The van der Waals surface area contributed by atoms with Crippen molar-refractivity contribution >= 4 is 40.4 Å². The quantitative estimate of drug-likeness (QED) is 0.568. The Balaban J connectivity index is 1.49. The van der Waals surface area contributed by atoms with Crippen LogP contribution in [0.2, 0.25) is 10.0 Å². The number of benzene rings is 2. The lowest BCUT2D eigenvalue weighted by Crippen LogP contribution is -2.45. The van der Waals surface area contributed by atoms with Gasteiger partial charge in [0.2, 0.25) is 0 Å². The van der Waals surface area contributed by atoms with Crippen LogP contribution in [0.3, 0.4) is 0 Å². The molecule has 1 aromatic heterocycles. The molecule has 4 rings (SSSR count). The molecule has 0 aliphatic carbocycles. The summed E-state index contributed by atoms with van der Waals surface area (Å²) in [5.41, 5.74) is 3.81. The molecular weight excluding hydrogens is 407 g/mol. The van der Waals surface area contributed by atoms with Crippen molar-refractivity contribution in [2.24, 2.45) is 0 Å². The zero-order valence-electron chi connectivity index (χ0n) is 16.3. The highest BCUT2D eigenvalue weighted by Gasteiger charge is 2.22. The van der Waals surface area contributed by atoms with Crippen LogP contribution in [0.15, 0.2) is 54.9 Å². The van der Waals surface area contributed by atoms with Gasteiger partial charge in [0.1, 0.15) is 12.1 Å². The highest BCUT2D eigenvalue weighted by Crippen LogP contribution is 2.29. The van der Waals surface area contributed by atoms with Crippen LogP contribution in [0.5, 0.6) is 0 Å². The number of anilines is 3. The van der Waals surface area contributed by atoms with Gasteiger partial charge in [-0.2, -0.15) is 0 Å². The fourth-order valence-corrected chi connectivity index (χ4v) is 3.83. The van der Waals surface area contributed by atoms with E-state index in [4.69, 9.17) is 27.9 Å². The van der Waals surface area contributed by atoms with Gasteiger partial charge in [0.05, 0.1) is 27.9 Å². The first-order chi connectivity index (χ1) is 14.0. The van der Waals surface area contributed by atoms with Crippen molar-refractivity contribution in [1.82, 2.24) is 9.97 Å². The number of ether oxygens (including phenoxy) is 1. The first-order valence-electron chi connectivity index (χ1n) is 9.53. The van der Waals surface area contributed by atoms with Gasteiger partial charge < -0.3 is 15.0 Å². The SMILES string of the molecule is CC1CN(c2ccc(Nc3cc(-c4ccc(Cl)c(Cl)c4)ncn3)cc2)CC(C)O1. The summed E-state index contributed by atoms with van der Waals surface area (Å²) in [7, 11) is 0. The Kier molecular flexibility index (Phi) is 5.90. The third-order valence-electron chi connectivity index (χ3n) is 4.81. The molecule has 2 heterocycles.